The molecular formula is C12H16FN3OS. The molecule has 0 spiro atoms. The Hall–Kier alpha value is -1.69. The number of carbonyl (C=O) groups excluding carboxylic acids is 1. The lowest BCUT2D eigenvalue weighted by Gasteiger charge is -2.11. The van der Waals surface area contributed by atoms with Crippen LogP contribution in [-0.2, 0) is 6.54 Å². The molecule has 0 aliphatic heterocycles. The van der Waals surface area contributed by atoms with Crippen molar-refractivity contribution in [3.63, 3.8) is 0 Å². The second kappa shape index (κ2) is 6.30. The van der Waals surface area contributed by atoms with E-state index in [0.717, 1.165) is 0 Å². The van der Waals surface area contributed by atoms with E-state index in [9.17, 15) is 9.18 Å². The quantitative estimate of drug-likeness (QED) is 0.728. The maximum Gasteiger partial charge on any atom is 0.315 e. The van der Waals surface area contributed by atoms with Crippen LogP contribution in [0.2, 0.25) is 0 Å². The average Bonchev–Trinajstić information content (AvgIpc) is 2.26. The molecule has 0 saturated carbocycles. The number of amides is 2. The van der Waals surface area contributed by atoms with Crippen LogP contribution >= 0.6 is 12.2 Å². The average molecular weight is 269 g/mol. The van der Waals surface area contributed by atoms with Crippen LogP contribution in [-0.4, -0.2) is 17.1 Å². The third-order valence-corrected chi connectivity index (χ3v) is 2.43. The first-order chi connectivity index (χ1) is 8.40. The zero-order valence-corrected chi connectivity index (χ0v) is 11.1. The van der Waals surface area contributed by atoms with Gasteiger partial charge in [0.15, 0.2) is 0 Å². The highest BCUT2D eigenvalue weighted by atomic mass is 32.1. The maximum atomic E-state index is 13.6. The number of rotatable bonds is 4. The van der Waals surface area contributed by atoms with Gasteiger partial charge in [0.05, 0.1) is 0 Å². The van der Waals surface area contributed by atoms with Crippen LogP contribution < -0.4 is 16.4 Å². The lowest BCUT2D eigenvalue weighted by Crippen LogP contribution is -2.39. The van der Waals surface area contributed by atoms with Crippen molar-refractivity contribution in [3.8, 4) is 0 Å². The Morgan fingerprint density at radius 1 is 1.50 bits per heavy atom. The molecule has 0 aliphatic carbocycles. The molecule has 1 aromatic carbocycles. The minimum atomic E-state index is -0.440. The third-order valence-electron chi connectivity index (χ3n) is 2.20. The molecule has 4 N–H and O–H groups in total. The van der Waals surface area contributed by atoms with Gasteiger partial charge in [0.1, 0.15) is 10.8 Å². The van der Waals surface area contributed by atoms with Crippen molar-refractivity contribution < 1.29 is 9.18 Å². The molecule has 0 atom stereocenters. The number of carbonyl (C=O) groups is 1. The third kappa shape index (κ3) is 4.29. The van der Waals surface area contributed by atoms with Gasteiger partial charge in [0.25, 0.3) is 0 Å². The molecule has 0 aliphatic rings. The van der Waals surface area contributed by atoms with Gasteiger partial charge in [-0.25, -0.2) is 9.18 Å². The van der Waals surface area contributed by atoms with Gasteiger partial charge in [0, 0.05) is 23.7 Å². The molecule has 1 aromatic rings. The highest BCUT2D eigenvalue weighted by Gasteiger charge is 2.07. The van der Waals surface area contributed by atoms with E-state index in [0.29, 0.717) is 11.1 Å². The summed E-state index contributed by atoms with van der Waals surface area (Å²) in [7, 11) is 0. The molecule has 0 heterocycles. The van der Waals surface area contributed by atoms with Crippen LogP contribution in [0.15, 0.2) is 18.2 Å². The zero-order valence-electron chi connectivity index (χ0n) is 10.3. The number of hydrogen-bond acceptors (Lipinski definition) is 2. The molecule has 6 heteroatoms. The van der Waals surface area contributed by atoms with E-state index in [-0.39, 0.29) is 23.6 Å². The van der Waals surface area contributed by atoms with Gasteiger partial charge in [-0.2, -0.15) is 0 Å². The van der Waals surface area contributed by atoms with Gasteiger partial charge in [-0.3, -0.25) is 0 Å². The smallest absolute Gasteiger partial charge is 0.315 e. The summed E-state index contributed by atoms with van der Waals surface area (Å²) in [5.41, 5.74) is 6.25. The van der Waals surface area contributed by atoms with Crippen LogP contribution in [0.5, 0.6) is 0 Å². The molecule has 0 saturated heterocycles. The predicted octanol–water partition coefficient (Wildman–Crippen LogP) is 1.67. The largest absolute Gasteiger partial charge is 0.389 e. The van der Waals surface area contributed by atoms with Crippen molar-refractivity contribution in [1.29, 1.82) is 0 Å². The highest BCUT2D eigenvalue weighted by Crippen LogP contribution is 2.10. The van der Waals surface area contributed by atoms with E-state index in [2.05, 4.69) is 10.6 Å². The van der Waals surface area contributed by atoms with Gasteiger partial charge in [-0.1, -0.05) is 24.4 Å². The van der Waals surface area contributed by atoms with Crippen molar-refractivity contribution in [2.24, 2.45) is 5.73 Å². The number of hydrogen-bond donors (Lipinski definition) is 3. The SMILES string of the molecule is CC(C)NC(=O)NCc1ccc(C(N)=S)cc1F. The number of benzene rings is 1. The van der Waals surface area contributed by atoms with Gasteiger partial charge in [0.2, 0.25) is 0 Å². The first kappa shape index (κ1) is 14.4. The van der Waals surface area contributed by atoms with Crippen LogP contribution in [0, 0.1) is 5.82 Å². The Morgan fingerprint density at radius 3 is 2.67 bits per heavy atom. The summed E-state index contributed by atoms with van der Waals surface area (Å²) in [4.78, 5) is 11.5. The van der Waals surface area contributed by atoms with Crippen molar-refractivity contribution in [1.82, 2.24) is 10.6 Å². The zero-order chi connectivity index (χ0) is 13.7. The summed E-state index contributed by atoms with van der Waals surface area (Å²) in [6, 6.07) is 4.15. The molecule has 0 unspecified atom stereocenters. The lowest BCUT2D eigenvalue weighted by atomic mass is 10.1. The topological polar surface area (TPSA) is 67.2 Å². The van der Waals surface area contributed by atoms with Crippen LogP contribution in [0.1, 0.15) is 25.0 Å². The molecule has 0 fully saturated rings. The second-order valence-corrected chi connectivity index (χ2v) is 4.59. The molecular weight excluding hydrogens is 253 g/mol. The first-order valence-electron chi connectivity index (χ1n) is 5.52. The summed E-state index contributed by atoms with van der Waals surface area (Å²) >= 11 is 4.75. The van der Waals surface area contributed by atoms with Gasteiger partial charge in [-0.15, -0.1) is 0 Å². The molecule has 0 radical (unpaired) electrons. The minimum Gasteiger partial charge on any atom is -0.389 e. The minimum absolute atomic E-state index is 0.0341. The van der Waals surface area contributed by atoms with E-state index in [1.165, 1.54) is 6.07 Å². The van der Waals surface area contributed by atoms with E-state index in [1.807, 2.05) is 13.8 Å². The summed E-state index contributed by atoms with van der Waals surface area (Å²) in [6.45, 7) is 3.80. The summed E-state index contributed by atoms with van der Waals surface area (Å²) in [5.74, 6) is -0.440. The number of nitrogens with two attached hydrogens (primary N) is 1. The van der Waals surface area contributed by atoms with Gasteiger partial charge in [-0.05, 0) is 19.9 Å². The Morgan fingerprint density at radius 2 is 2.17 bits per heavy atom. The Balaban J connectivity index is 2.63. The first-order valence-corrected chi connectivity index (χ1v) is 5.93. The van der Waals surface area contributed by atoms with Crippen molar-refractivity contribution in [2.75, 3.05) is 0 Å². The summed E-state index contributed by atoms with van der Waals surface area (Å²) < 4.78 is 13.6. The van der Waals surface area contributed by atoms with Gasteiger partial charge >= 0.3 is 6.03 Å². The Kier molecular flexibility index (Phi) is 5.03. The standard InChI is InChI=1S/C12H16FN3OS/c1-7(2)16-12(17)15-6-9-4-3-8(11(14)18)5-10(9)13/h3-5,7H,6H2,1-2H3,(H2,14,18)(H2,15,16,17). The normalized spacial score (nSPS) is 10.2. The number of thiocarbonyl (C=S) groups is 1. The van der Waals surface area contributed by atoms with Crippen LogP contribution in [0.4, 0.5) is 9.18 Å². The van der Waals surface area contributed by atoms with Crippen molar-refractivity contribution in [2.45, 2.75) is 26.4 Å². The fourth-order valence-corrected chi connectivity index (χ4v) is 1.46. The maximum absolute atomic E-state index is 13.6. The lowest BCUT2D eigenvalue weighted by molar-refractivity contribution is 0.238. The monoisotopic (exact) mass is 269 g/mol. The molecule has 98 valence electrons. The summed E-state index contributed by atoms with van der Waals surface area (Å²) in [5, 5.41) is 5.21. The number of halogens is 1. The molecule has 1 rings (SSSR count). The highest BCUT2D eigenvalue weighted by molar-refractivity contribution is 7.80. The summed E-state index contributed by atoms with van der Waals surface area (Å²) in [6.07, 6.45) is 0. The van der Waals surface area contributed by atoms with Crippen LogP contribution in [0.25, 0.3) is 0 Å². The number of urea groups is 1. The van der Waals surface area contributed by atoms with Crippen LogP contribution in [0.3, 0.4) is 0 Å². The second-order valence-electron chi connectivity index (χ2n) is 4.15. The molecule has 0 bridgehead atoms. The van der Waals surface area contributed by atoms with E-state index < -0.39 is 5.82 Å². The van der Waals surface area contributed by atoms with Gasteiger partial charge < -0.3 is 16.4 Å². The Labute approximate surface area is 111 Å². The van der Waals surface area contributed by atoms with E-state index in [4.69, 9.17) is 18.0 Å². The molecule has 2 amide bonds. The van der Waals surface area contributed by atoms with Crippen molar-refractivity contribution in [3.05, 3.63) is 35.1 Å². The molecule has 18 heavy (non-hydrogen) atoms. The fourth-order valence-electron chi connectivity index (χ4n) is 1.33. The van der Waals surface area contributed by atoms with Crippen molar-refractivity contribution >= 4 is 23.2 Å². The molecule has 4 nitrogen and oxygen atoms in total. The fraction of sp³-hybridized carbons (Fsp3) is 0.333. The number of nitrogens with one attached hydrogen (secondary N) is 2. The Bertz CT molecular complexity index is 463. The molecule has 0 aromatic heterocycles. The van der Waals surface area contributed by atoms with E-state index >= 15 is 0 Å². The van der Waals surface area contributed by atoms with E-state index in [1.54, 1.807) is 12.1 Å². The predicted molar refractivity (Wildman–Crippen MR) is 72.8 cm³/mol.